The van der Waals surface area contributed by atoms with Crippen molar-refractivity contribution in [3.8, 4) is 11.5 Å². The molecule has 1 atom stereocenters. The summed E-state index contributed by atoms with van der Waals surface area (Å²) in [6.45, 7) is 3.98. The lowest BCUT2D eigenvalue weighted by Crippen LogP contribution is -2.50. The van der Waals surface area contributed by atoms with Gasteiger partial charge in [0, 0.05) is 39.1 Å². The van der Waals surface area contributed by atoms with Crippen LogP contribution in [0.3, 0.4) is 0 Å². The van der Waals surface area contributed by atoms with Gasteiger partial charge in [-0.15, -0.1) is 0 Å². The molecule has 1 aromatic heterocycles. The summed E-state index contributed by atoms with van der Waals surface area (Å²) < 4.78 is 13.1. The number of carbonyl (C=O) groups is 1. The highest BCUT2D eigenvalue weighted by atomic mass is 16.5. The van der Waals surface area contributed by atoms with Crippen molar-refractivity contribution in [2.75, 3.05) is 33.4 Å². The minimum Gasteiger partial charge on any atom is -0.493 e. The molecule has 0 aliphatic carbocycles. The SMILES string of the molecule is C/C=C/c1ccc(OCC(=O)N2CCNCC2c2nccn2C)c(OC)c1. The van der Waals surface area contributed by atoms with E-state index in [2.05, 4.69) is 10.3 Å². The molecular weight excluding hydrogens is 344 g/mol. The molecule has 144 valence electrons. The summed E-state index contributed by atoms with van der Waals surface area (Å²) in [5, 5.41) is 3.33. The number of imidazole rings is 1. The minimum absolute atomic E-state index is 0.0414. The Balaban J connectivity index is 1.70. The van der Waals surface area contributed by atoms with E-state index < -0.39 is 0 Å². The van der Waals surface area contributed by atoms with Gasteiger partial charge >= 0.3 is 0 Å². The summed E-state index contributed by atoms with van der Waals surface area (Å²) in [5.41, 5.74) is 1.02. The van der Waals surface area contributed by atoms with Crippen LogP contribution >= 0.6 is 0 Å². The molecule has 1 aromatic carbocycles. The maximum absolute atomic E-state index is 12.8. The lowest BCUT2D eigenvalue weighted by atomic mass is 10.1. The number of nitrogens with zero attached hydrogens (tertiary/aromatic N) is 3. The highest BCUT2D eigenvalue weighted by Crippen LogP contribution is 2.29. The summed E-state index contributed by atoms with van der Waals surface area (Å²) in [6.07, 6.45) is 7.58. The predicted octanol–water partition coefficient (Wildman–Crippen LogP) is 2.01. The Bertz CT molecular complexity index is 815. The molecule has 7 heteroatoms. The number of piperazine rings is 1. The van der Waals surface area contributed by atoms with Gasteiger partial charge < -0.3 is 24.3 Å². The van der Waals surface area contributed by atoms with Crippen LogP contribution < -0.4 is 14.8 Å². The number of amides is 1. The molecule has 7 nitrogen and oxygen atoms in total. The largest absolute Gasteiger partial charge is 0.493 e. The van der Waals surface area contributed by atoms with Crippen molar-refractivity contribution < 1.29 is 14.3 Å². The smallest absolute Gasteiger partial charge is 0.261 e. The van der Waals surface area contributed by atoms with Crippen LogP contribution in [-0.2, 0) is 11.8 Å². The van der Waals surface area contributed by atoms with Gasteiger partial charge in [-0.25, -0.2) is 4.98 Å². The molecule has 1 unspecified atom stereocenters. The number of ether oxygens (including phenoxy) is 2. The molecule has 1 aliphatic rings. The van der Waals surface area contributed by atoms with Crippen molar-refractivity contribution in [2.24, 2.45) is 7.05 Å². The summed E-state index contributed by atoms with van der Waals surface area (Å²) in [6, 6.07) is 5.55. The zero-order chi connectivity index (χ0) is 19.2. The average Bonchev–Trinajstić information content (AvgIpc) is 3.12. The Morgan fingerprint density at radius 2 is 2.26 bits per heavy atom. The lowest BCUT2D eigenvalue weighted by molar-refractivity contribution is -0.137. The first-order chi connectivity index (χ1) is 13.1. The van der Waals surface area contributed by atoms with Gasteiger partial charge in [0.2, 0.25) is 0 Å². The Hall–Kier alpha value is -2.80. The maximum Gasteiger partial charge on any atom is 0.261 e. The van der Waals surface area contributed by atoms with Gasteiger partial charge in [-0.2, -0.15) is 0 Å². The van der Waals surface area contributed by atoms with E-state index in [9.17, 15) is 4.79 Å². The zero-order valence-corrected chi connectivity index (χ0v) is 16.0. The topological polar surface area (TPSA) is 68.6 Å². The number of allylic oxidation sites excluding steroid dienone is 1. The molecule has 1 N–H and O–H groups in total. The molecule has 1 amide bonds. The summed E-state index contributed by atoms with van der Waals surface area (Å²) in [4.78, 5) is 19.1. The molecule has 2 heterocycles. The van der Waals surface area contributed by atoms with Crippen LogP contribution in [0.5, 0.6) is 11.5 Å². The van der Waals surface area contributed by atoms with Gasteiger partial charge in [-0.1, -0.05) is 18.2 Å². The molecule has 3 rings (SSSR count). The van der Waals surface area contributed by atoms with Crippen LogP contribution in [0.2, 0.25) is 0 Å². The van der Waals surface area contributed by atoms with Crippen molar-refractivity contribution in [2.45, 2.75) is 13.0 Å². The van der Waals surface area contributed by atoms with Gasteiger partial charge in [-0.05, 0) is 24.6 Å². The fraction of sp³-hybridized carbons (Fsp3) is 0.400. The van der Waals surface area contributed by atoms with Crippen molar-refractivity contribution in [1.82, 2.24) is 19.8 Å². The summed E-state index contributed by atoms with van der Waals surface area (Å²) in [5.74, 6) is 1.97. The van der Waals surface area contributed by atoms with Gasteiger partial charge in [0.15, 0.2) is 18.1 Å². The van der Waals surface area contributed by atoms with Crippen LogP contribution in [0, 0.1) is 0 Å². The van der Waals surface area contributed by atoms with Gasteiger partial charge in [0.1, 0.15) is 11.9 Å². The second kappa shape index (κ2) is 8.73. The second-order valence-corrected chi connectivity index (χ2v) is 6.40. The van der Waals surface area contributed by atoms with E-state index in [1.807, 2.05) is 60.0 Å². The molecular formula is C20H26N4O3. The molecule has 27 heavy (non-hydrogen) atoms. The normalized spacial score (nSPS) is 17.3. The second-order valence-electron chi connectivity index (χ2n) is 6.40. The molecule has 1 aliphatic heterocycles. The number of nitrogens with one attached hydrogen (secondary N) is 1. The molecule has 2 aromatic rings. The Labute approximate surface area is 159 Å². The van der Waals surface area contributed by atoms with Crippen LogP contribution in [0.4, 0.5) is 0 Å². The standard InChI is InChI=1S/C20H26N4O3/c1-4-5-15-6-7-17(18(12-15)26-3)27-14-19(25)24-11-8-21-13-16(24)20-22-9-10-23(20)2/h4-7,9-10,12,16,21H,8,11,13-14H2,1-3H3/b5-4+. The number of aromatic nitrogens is 2. The average molecular weight is 370 g/mol. The minimum atomic E-state index is -0.103. The zero-order valence-electron chi connectivity index (χ0n) is 16.0. The fourth-order valence-electron chi connectivity index (χ4n) is 3.25. The highest BCUT2D eigenvalue weighted by Gasteiger charge is 2.30. The number of methoxy groups -OCH3 is 1. The molecule has 0 spiro atoms. The van der Waals surface area contributed by atoms with E-state index in [1.165, 1.54) is 0 Å². The van der Waals surface area contributed by atoms with E-state index in [0.29, 0.717) is 24.6 Å². The van der Waals surface area contributed by atoms with E-state index in [0.717, 1.165) is 17.9 Å². The number of aryl methyl sites for hydroxylation is 1. The fourth-order valence-corrected chi connectivity index (χ4v) is 3.25. The first kappa shape index (κ1) is 19.0. The van der Waals surface area contributed by atoms with E-state index in [-0.39, 0.29) is 18.6 Å². The number of benzene rings is 1. The Morgan fingerprint density at radius 3 is 2.96 bits per heavy atom. The molecule has 0 bridgehead atoms. The van der Waals surface area contributed by atoms with Gasteiger partial charge in [0.25, 0.3) is 5.91 Å². The third kappa shape index (κ3) is 4.31. The van der Waals surface area contributed by atoms with Crippen molar-refractivity contribution in [3.63, 3.8) is 0 Å². The first-order valence-corrected chi connectivity index (χ1v) is 9.05. The number of carbonyl (C=O) groups excluding carboxylic acids is 1. The lowest BCUT2D eigenvalue weighted by Gasteiger charge is -2.35. The van der Waals surface area contributed by atoms with Gasteiger partial charge in [-0.3, -0.25) is 4.79 Å². The van der Waals surface area contributed by atoms with Crippen LogP contribution in [-0.4, -0.2) is 53.7 Å². The molecule has 1 saturated heterocycles. The number of rotatable bonds is 6. The van der Waals surface area contributed by atoms with Crippen LogP contribution in [0.25, 0.3) is 6.08 Å². The summed E-state index contributed by atoms with van der Waals surface area (Å²) in [7, 11) is 3.53. The number of hydrogen-bond acceptors (Lipinski definition) is 5. The number of hydrogen-bond donors (Lipinski definition) is 1. The van der Waals surface area contributed by atoms with Crippen LogP contribution in [0.15, 0.2) is 36.7 Å². The molecule has 1 fully saturated rings. The highest BCUT2D eigenvalue weighted by molar-refractivity contribution is 5.78. The van der Waals surface area contributed by atoms with E-state index in [1.54, 1.807) is 13.3 Å². The molecule has 0 radical (unpaired) electrons. The summed E-state index contributed by atoms with van der Waals surface area (Å²) >= 11 is 0. The quantitative estimate of drug-likeness (QED) is 0.843. The van der Waals surface area contributed by atoms with E-state index in [4.69, 9.17) is 9.47 Å². The van der Waals surface area contributed by atoms with Crippen molar-refractivity contribution >= 4 is 12.0 Å². The third-order valence-electron chi connectivity index (χ3n) is 4.62. The molecule has 0 saturated carbocycles. The monoisotopic (exact) mass is 370 g/mol. The predicted molar refractivity (Wildman–Crippen MR) is 104 cm³/mol. The van der Waals surface area contributed by atoms with E-state index >= 15 is 0 Å². The van der Waals surface area contributed by atoms with Crippen molar-refractivity contribution in [1.29, 1.82) is 0 Å². The van der Waals surface area contributed by atoms with Crippen LogP contribution in [0.1, 0.15) is 24.4 Å². The van der Waals surface area contributed by atoms with Gasteiger partial charge in [0.05, 0.1) is 7.11 Å². The third-order valence-corrected chi connectivity index (χ3v) is 4.62. The Morgan fingerprint density at radius 1 is 1.41 bits per heavy atom. The Kier molecular flexibility index (Phi) is 6.13. The van der Waals surface area contributed by atoms with Crippen molar-refractivity contribution in [3.05, 3.63) is 48.1 Å². The maximum atomic E-state index is 12.8. The first-order valence-electron chi connectivity index (χ1n) is 9.05.